The lowest BCUT2D eigenvalue weighted by atomic mass is 10.1. The number of thiazole rings is 1. The van der Waals surface area contributed by atoms with E-state index in [1.54, 1.807) is 23.7 Å². The summed E-state index contributed by atoms with van der Waals surface area (Å²) in [5.41, 5.74) is 1.78. The number of anilines is 1. The van der Waals surface area contributed by atoms with Crippen molar-refractivity contribution in [2.75, 3.05) is 4.31 Å². The number of fused-ring (bicyclic) bond motifs is 2. The highest BCUT2D eigenvalue weighted by Crippen LogP contribution is 2.36. The summed E-state index contributed by atoms with van der Waals surface area (Å²) in [6.45, 7) is 1.66. The van der Waals surface area contributed by atoms with Crippen molar-refractivity contribution in [3.63, 3.8) is 0 Å². The highest BCUT2D eigenvalue weighted by atomic mass is 32.2. The Morgan fingerprint density at radius 2 is 2.00 bits per heavy atom. The van der Waals surface area contributed by atoms with Gasteiger partial charge in [-0.25, -0.2) is 18.2 Å². The van der Waals surface area contributed by atoms with Crippen LogP contribution in [0.25, 0.3) is 4.96 Å². The first-order valence-corrected chi connectivity index (χ1v) is 12.5. The molecule has 5 rings (SSSR count). The maximum Gasteiger partial charge on any atom is 0.338 e. The van der Waals surface area contributed by atoms with Gasteiger partial charge in [0.2, 0.25) is 0 Å². The van der Waals surface area contributed by atoms with Crippen molar-refractivity contribution in [1.82, 2.24) is 9.38 Å². The second kappa shape index (κ2) is 8.13. The second-order valence-corrected chi connectivity index (χ2v) is 10.4. The minimum atomic E-state index is -3.88. The predicted molar refractivity (Wildman–Crippen MR) is 124 cm³/mol. The average molecular weight is 482 g/mol. The number of para-hydroxylation sites is 1. The SMILES string of the molecule is CC1Cc2ccccc2N1S(=O)(=O)c1cccc(C(=O)OCc2cc(=O)n3ccsc3n2)c1. The molecule has 2 aromatic carbocycles. The van der Waals surface area contributed by atoms with Crippen molar-refractivity contribution in [1.29, 1.82) is 0 Å². The molecule has 3 heterocycles. The fourth-order valence-corrected chi connectivity index (χ4v) is 6.46. The summed E-state index contributed by atoms with van der Waals surface area (Å²) in [7, 11) is -3.88. The molecule has 4 aromatic rings. The van der Waals surface area contributed by atoms with Gasteiger partial charge < -0.3 is 4.74 Å². The molecule has 0 bridgehead atoms. The number of nitrogens with zero attached hydrogens (tertiary/aromatic N) is 3. The highest BCUT2D eigenvalue weighted by Gasteiger charge is 2.36. The molecule has 1 aliphatic rings. The monoisotopic (exact) mass is 481 g/mol. The molecule has 2 aromatic heterocycles. The number of carbonyl (C=O) groups excluding carboxylic acids is 1. The van der Waals surface area contributed by atoms with Crippen LogP contribution in [0.1, 0.15) is 28.5 Å². The van der Waals surface area contributed by atoms with E-state index >= 15 is 0 Å². The van der Waals surface area contributed by atoms with E-state index in [0.29, 0.717) is 22.8 Å². The fourth-order valence-electron chi connectivity index (χ4n) is 3.99. The Morgan fingerprint density at radius 3 is 2.85 bits per heavy atom. The van der Waals surface area contributed by atoms with Crippen molar-refractivity contribution < 1.29 is 17.9 Å². The first-order valence-electron chi connectivity index (χ1n) is 10.2. The van der Waals surface area contributed by atoms with Gasteiger partial charge in [0.25, 0.3) is 15.6 Å². The fraction of sp³-hybridized carbons (Fsp3) is 0.174. The van der Waals surface area contributed by atoms with E-state index in [9.17, 15) is 18.0 Å². The van der Waals surface area contributed by atoms with Gasteiger partial charge in [-0.2, -0.15) is 0 Å². The van der Waals surface area contributed by atoms with Crippen LogP contribution in [-0.4, -0.2) is 29.8 Å². The van der Waals surface area contributed by atoms with Gasteiger partial charge in [-0.3, -0.25) is 13.5 Å². The molecule has 8 nitrogen and oxygen atoms in total. The quantitative estimate of drug-likeness (QED) is 0.406. The molecule has 0 aliphatic carbocycles. The van der Waals surface area contributed by atoms with Gasteiger partial charge in [0.1, 0.15) is 6.61 Å². The summed E-state index contributed by atoms with van der Waals surface area (Å²) >= 11 is 1.30. The van der Waals surface area contributed by atoms with Gasteiger partial charge in [0.05, 0.1) is 21.8 Å². The van der Waals surface area contributed by atoms with Crippen LogP contribution < -0.4 is 9.86 Å². The van der Waals surface area contributed by atoms with Crippen molar-refractivity contribution in [3.05, 3.63) is 93.3 Å². The zero-order chi connectivity index (χ0) is 23.2. The zero-order valence-electron chi connectivity index (χ0n) is 17.5. The predicted octanol–water partition coefficient (Wildman–Crippen LogP) is 3.25. The standard InChI is InChI=1S/C23H19N3O5S2/c1-15-11-16-5-2-3-8-20(16)26(15)33(29,30)19-7-4-6-17(12-19)22(28)31-14-18-13-21(27)25-9-10-32-23(25)24-18/h2-10,12-13,15H,11,14H2,1H3. The molecule has 0 saturated heterocycles. The first kappa shape index (κ1) is 21.4. The van der Waals surface area contributed by atoms with Crippen LogP contribution in [0.3, 0.4) is 0 Å². The molecule has 10 heteroatoms. The molecule has 33 heavy (non-hydrogen) atoms. The van der Waals surface area contributed by atoms with Gasteiger partial charge in [-0.05, 0) is 43.2 Å². The van der Waals surface area contributed by atoms with Crippen LogP contribution >= 0.6 is 11.3 Å². The van der Waals surface area contributed by atoms with E-state index < -0.39 is 16.0 Å². The first-order chi connectivity index (χ1) is 15.8. The molecule has 0 radical (unpaired) electrons. The van der Waals surface area contributed by atoms with Gasteiger partial charge in [-0.1, -0.05) is 24.3 Å². The number of hydrogen-bond acceptors (Lipinski definition) is 7. The molecule has 0 fully saturated rings. The van der Waals surface area contributed by atoms with E-state index in [-0.39, 0.29) is 28.7 Å². The number of carbonyl (C=O) groups is 1. The summed E-state index contributed by atoms with van der Waals surface area (Å²) in [6, 6.07) is 14.3. The van der Waals surface area contributed by atoms with Crippen LogP contribution in [0.4, 0.5) is 5.69 Å². The molecule has 0 N–H and O–H groups in total. The van der Waals surface area contributed by atoms with Crippen LogP contribution in [0.5, 0.6) is 0 Å². The lowest BCUT2D eigenvalue weighted by Gasteiger charge is -2.24. The Hall–Kier alpha value is -3.50. The average Bonchev–Trinajstić information content (AvgIpc) is 3.41. The van der Waals surface area contributed by atoms with Gasteiger partial charge in [0.15, 0.2) is 4.96 Å². The third-order valence-corrected chi connectivity index (χ3v) is 8.16. The van der Waals surface area contributed by atoms with E-state index in [0.717, 1.165) is 5.56 Å². The van der Waals surface area contributed by atoms with Crippen LogP contribution in [0, 0.1) is 0 Å². The Morgan fingerprint density at radius 1 is 1.18 bits per heavy atom. The highest BCUT2D eigenvalue weighted by molar-refractivity contribution is 7.92. The number of esters is 1. The van der Waals surface area contributed by atoms with Crippen LogP contribution in [-0.2, 0) is 27.8 Å². The summed E-state index contributed by atoms with van der Waals surface area (Å²) in [6.07, 6.45) is 2.25. The summed E-state index contributed by atoms with van der Waals surface area (Å²) in [4.78, 5) is 29.5. The molecular formula is C23H19N3O5S2. The van der Waals surface area contributed by atoms with Crippen molar-refractivity contribution in [3.8, 4) is 0 Å². The topological polar surface area (TPSA) is 98.0 Å². The third kappa shape index (κ3) is 3.81. The minimum Gasteiger partial charge on any atom is -0.456 e. The summed E-state index contributed by atoms with van der Waals surface area (Å²) < 4.78 is 35.0. The van der Waals surface area contributed by atoms with E-state index in [4.69, 9.17) is 4.74 Å². The third-order valence-electron chi connectivity index (χ3n) is 5.48. The number of ether oxygens (including phenoxy) is 1. The number of rotatable bonds is 5. The van der Waals surface area contributed by atoms with Crippen molar-refractivity contribution >= 4 is 38.0 Å². The largest absolute Gasteiger partial charge is 0.456 e. The Balaban J connectivity index is 1.38. The molecule has 168 valence electrons. The zero-order valence-corrected chi connectivity index (χ0v) is 19.2. The molecule has 0 spiro atoms. The smallest absolute Gasteiger partial charge is 0.338 e. The number of hydrogen-bond donors (Lipinski definition) is 0. The lowest BCUT2D eigenvalue weighted by Crippen LogP contribution is -2.35. The van der Waals surface area contributed by atoms with Crippen LogP contribution in [0.2, 0.25) is 0 Å². The Bertz CT molecular complexity index is 1540. The van der Waals surface area contributed by atoms with Crippen molar-refractivity contribution in [2.45, 2.75) is 30.9 Å². The number of sulfonamides is 1. The molecule has 0 saturated carbocycles. The minimum absolute atomic E-state index is 0.0110. The second-order valence-electron chi connectivity index (χ2n) is 7.73. The summed E-state index contributed by atoms with van der Waals surface area (Å²) in [5, 5.41) is 1.74. The molecule has 1 atom stereocenters. The molecule has 0 amide bonds. The molecular weight excluding hydrogens is 462 g/mol. The van der Waals surface area contributed by atoms with Crippen LogP contribution in [0.15, 0.2) is 75.9 Å². The Kier molecular flexibility index (Phi) is 5.26. The van der Waals surface area contributed by atoms with Crippen molar-refractivity contribution in [2.24, 2.45) is 0 Å². The molecule has 1 unspecified atom stereocenters. The van der Waals surface area contributed by atoms with Gasteiger partial charge in [-0.15, -0.1) is 11.3 Å². The number of benzene rings is 2. The van der Waals surface area contributed by atoms with Gasteiger partial charge >= 0.3 is 5.97 Å². The maximum absolute atomic E-state index is 13.4. The molecule has 1 aliphatic heterocycles. The van der Waals surface area contributed by atoms with E-state index in [1.165, 1.54) is 50.4 Å². The van der Waals surface area contributed by atoms with Gasteiger partial charge in [0, 0.05) is 23.7 Å². The van der Waals surface area contributed by atoms with E-state index in [1.807, 2.05) is 19.1 Å². The Labute approximate surface area is 193 Å². The lowest BCUT2D eigenvalue weighted by molar-refractivity contribution is 0.0467. The normalized spacial score (nSPS) is 15.5. The van der Waals surface area contributed by atoms with E-state index in [2.05, 4.69) is 4.98 Å². The summed E-state index contributed by atoms with van der Waals surface area (Å²) in [5.74, 6) is -0.699. The maximum atomic E-state index is 13.4. The number of aromatic nitrogens is 2.